The van der Waals surface area contributed by atoms with Gasteiger partial charge in [0.25, 0.3) is 0 Å². The van der Waals surface area contributed by atoms with Gasteiger partial charge in [-0.2, -0.15) is 0 Å². The van der Waals surface area contributed by atoms with Crippen LogP contribution in [0, 0.1) is 0 Å². The number of rotatable bonds is 8. The zero-order valence-electron chi connectivity index (χ0n) is 11.9. The first-order valence-corrected chi connectivity index (χ1v) is 6.72. The van der Waals surface area contributed by atoms with Gasteiger partial charge in [0.05, 0.1) is 7.11 Å². The zero-order chi connectivity index (χ0) is 13.4. The number of ether oxygens (including phenoxy) is 1. The molecule has 3 nitrogen and oxygen atoms in total. The van der Waals surface area contributed by atoms with Crippen LogP contribution in [0.5, 0.6) is 5.75 Å². The summed E-state index contributed by atoms with van der Waals surface area (Å²) in [6.07, 6.45) is 3.35. The van der Waals surface area contributed by atoms with E-state index >= 15 is 0 Å². The van der Waals surface area contributed by atoms with Gasteiger partial charge in [-0.3, -0.25) is 0 Å². The Bertz CT molecular complexity index is 341. The first kappa shape index (κ1) is 15.0. The van der Waals surface area contributed by atoms with Gasteiger partial charge in [-0.05, 0) is 44.1 Å². The highest BCUT2D eigenvalue weighted by Crippen LogP contribution is 2.14. The lowest BCUT2D eigenvalue weighted by Gasteiger charge is -2.19. The Kier molecular flexibility index (Phi) is 6.76. The highest BCUT2D eigenvalue weighted by molar-refractivity contribution is 5.28. The molecule has 0 radical (unpaired) electrons. The van der Waals surface area contributed by atoms with E-state index in [4.69, 9.17) is 10.5 Å². The minimum atomic E-state index is 0.336. The molecule has 18 heavy (non-hydrogen) atoms. The lowest BCUT2D eigenvalue weighted by molar-refractivity contribution is 0.307. The summed E-state index contributed by atoms with van der Waals surface area (Å²) in [5.74, 6) is 0.920. The molecule has 1 unspecified atom stereocenters. The molecule has 0 saturated heterocycles. The molecule has 0 aliphatic carbocycles. The summed E-state index contributed by atoms with van der Waals surface area (Å²) in [7, 11) is 3.84. The standard InChI is InChI=1S/C15H26N2O/c1-4-6-14(16)9-10-17(2)12-13-7-5-8-15(11-13)18-3/h5,7-8,11,14H,4,6,9-10,12,16H2,1-3H3. The zero-order valence-corrected chi connectivity index (χ0v) is 11.9. The van der Waals surface area contributed by atoms with E-state index < -0.39 is 0 Å². The van der Waals surface area contributed by atoms with Gasteiger partial charge in [-0.15, -0.1) is 0 Å². The summed E-state index contributed by atoms with van der Waals surface area (Å²) in [4.78, 5) is 2.31. The second-order valence-corrected chi connectivity index (χ2v) is 4.93. The molecule has 0 saturated carbocycles. The molecule has 1 atom stereocenters. The number of methoxy groups -OCH3 is 1. The predicted molar refractivity (Wildman–Crippen MR) is 76.8 cm³/mol. The Morgan fingerprint density at radius 3 is 2.78 bits per heavy atom. The van der Waals surface area contributed by atoms with Crippen molar-refractivity contribution >= 4 is 0 Å². The van der Waals surface area contributed by atoms with Crippen LogP contribution >= 0.6 is 0 Å². The minimum Gasteiger partial charge on any atom is -0.497 e. The van der Waals surface area contributed by atoms with Crippen LogP contribution < -0.4 is 10.5 Å². The minimum absolute atomic E-state index is 0.336. The van der Waals surface area contributed by atoms with E-state index in [1.165, 1.54) is 12.0 Å². The fourth-order valence-corrected chi connectivity index (χ4v) is 2.06. The van der Waals surface area contributed by atoms with Crippen LogP contribution in [0.15, 0.2) is 24.3 Å². The van der Waals surface area contributed by atoms with Crippen LogP contribution in [-0.4, -0.2) is 31.6 Å². The van der Waals surface area contributed by atoms with Gasteiger partial charge in [-0.1, -0.05) is 25.5 Å². The summed E-state index contributed by atoms with van der Waals surface area (Å²) in [6, 6.07) is 8.56. The van der Waals surface area contributed by atoms with Crippen LogP contribution in [0.2, 0.25) is 0 Å². The number of benzene rings is 1. The molecule has 3 heteroatoms. The van der Waals surface area contributed by atoms with E-state index in [1.54, 1.807) is 7.11 Å². The quantitative estimate of drug-likeness (QED) is 0.771. The van der Waals surface area contributed by atoms with Crippen LogP contribution in [0.25, 0.3) is 0 Å². The average Bonchev–Trinajstić information content (AvgIpc) is 2.37. The second-order valence-electron chi connectivity index (χ2n) is 4.93. The topological polar surface area (TPSA) is 38.5 Å². The SMILES string of the molecule is CCCC(N)CCN(C)Cc1cccc(OC)c1. The maximum atomic E-state index is 6.02. The van der Waals surface area contributed by atoms with Crippen molar-refractivity contribution < 1.29 is 4.74 Å². The molecule has 0 heterocycles. The molecular weight excluding hydrogens is 224 g/mol. The third-order valence-corrected chi connectivity index (χ3v) is 3.13. The highest BCUT2D eigenvalue weighted by Gasteiger charge is 2.05. The fourth-order valence-electron chi connectivity index (χ4n) is 2.06. The van der Waals surface area contributed by atoms with Gasteiger partial charge in [0.2, 0.25) is 0 Å². The maximum absolute atomic E-state index is 6.02. The molecule has 0 amide bonds. The molecule has 2 N–H and O–H groups in total. The molecule has 102 valence electrons. The third-order valence-electron chi connectivity index (χ3n) is 3.13. The van der Waals surface area contributed by atoms with E-state index in [-0.39, 0.29) is 0 Å². The Hall–Kier alpha value is -1.06. The van der Waals surface area contributed by atoms with Gasteiger partial charge >= 0.3 is 0 Å². The van der Waals surface area contributed by atoms with Crippen LogP contribution in [0.1, 0.15) is 31.7 Å². The van der Waals surface area contributed by atoms with Crippen LogP contribution in [0.3, 0.4) is 0 Å². The molecule has 1 rings (SSSR count). The van der Waals surface area contributed by atoms with Gasteiger partial charge in [0.1, 0.15) is 5.75 Å². The second kappa shape index (κ2) is 8.11. The molecule has 0 fully saturated rings. The Morgan fingerprint density at radius 2 is 2.11 bits per heavy atom. The molecule has 0 aliphatic heterocycles. The average molecular weight is 250 g/mol. The Balaban J connectivity index is 2.36. The Labute approximate surface area is 111 Å². The first-order chi connectivity index (χ1) is 8.65. The van der Waals surface area contributed by atoms with Gasteiger partial charge < -0.3 is 15.4 Å². The molecule has 1 aromatic rings. The van der Waals surface area contributed by atoms with Crippen molar-refractivity contribution in [3.8, 4) is 5.75 Å². The van der Waals surface area contributed by atoms with Crippen molar-refractivity contribution in [2.24, 2.45) is 5.73 Å². The normalized spacial score (nSPS) is 12.7. The van der Waals surface area contributed by atoms with E-state index in [0.717, 1.165) is 31.7 Å². The van der Waals surface area contributed by atoms with Gasteiger partial charge in [0.15, 0.2) is 0 Å². The number of nitrogens with zero attached hydrogens (tertiary/aromatic N) is 1. The van der Waals surface area contributed by atoms with Crippen molar-refractivity contribution in [1.82, 2.24) is 4.90 Å². The van der Waals surface area contributed by atoms with Crippen LogP contribution in [0.4, 0.5) is 0 Å². The van der Waals surface area contributed by atoms with E-state index in [0.29, 0.717) is 6.04 Å². The highest BCUT2D eigenvalue weighted by atomic mass is 16.5. The molecule has 0 bridgehead atoms. The summed E-state index contributed by atoms with van der Waals surface area (Å²) < 4.78 is 5.23. The molecule has 0 spiro atoms. The number of nitrogens with two attached hydrogens (primary N) is 1. The monoisotopic (exact) mass is 250 g/mol. The van der Waals surface area contributed by atoms with Crippen molar-refractivity contribution in [2.75, 3.05) is 20.7 Å². The van der Waals surface area contributed by atoms with Crippen molar-refractivity contribution in [1.29, 1.82) is 0 Å². The Morgan fingerprint density at radius 1 is 1.33 bits per heavy atom. The summed E-state index contributed by atoms with van der Waals surface area (Å²) >= 11 is 0. The molecule has 1 aromatic carbocycles. The lowest BCUT2D eigenvalue weighted by Crippen LogP contribution is -2.27. The van der Waals surface area contributed by atoms with Crippen molar-refractivity contribution in [3.63, 3.8) is 0 Å². The summed E-state index contributed by atoms with van der Waals surface area (Å²) in [6.45, 7) is 4.16. The fraction of sp³-hybridized carbons (Fsp3) is 0.600. The lowest BCUT2D eigenvalue weighted by atomic mass is 10.1. The third kappa shape index (κ3) is 5.52. The smallest absolute Gasteiger partial charge is 0.119 e. The largest absolute Gasteiger partial charge is 0.497 e. The van der Waals surface area contributed by atoms with E-state index in [1.807, 2.05) is 12.1 Å². The van der Waals surface area contributed by atoms with Gasteiger partial charge in [0, 0.05) is 12.6 Å². The molecule has 0 aliphatic rings. The molecular formula is C15H26N2O. The number of hydrogen-bond donors (Lipinski definition) is 1. The van der Waals surface area contributed by atoms with Gasteiger partial charge in [-0.25, -0.2) is 0 Å². The molecule has 0 aromatic heterocycles. The van der Waals surface area contributed by atoms with E-state index in [2.05, 4.69) is 31.0 Å². The number of hydrogen-bond acceptors (Lipinski definition) is 3. The first-order valence-electron chi connectivity index (χ1n) is 6.72. The van der Waals surface area contributed by atoms with Crippen molar-refractivity contribution in [2.45, 2.75) is 38.8 Å². The summed E-state index contributed by atoms with van der Waals surface area (Å²) in [5, 5.41) is 0. The van der Waals surface area contributed by atoms with Crippen molar-refractivity contribution in [3.05, 3.63) is 29.8 Å². The van der Waals surface area contributed by atoms with Crippen LogP contribution in [-0.2, 0) is 6.54 Å². The summed E-state index contributed by atoms with van der Waals surface area (Å²) in [5.41, 5.74) is 7.30. The van der Waals surface area contributed by atoms with E-state index in [9.17, 15) is 0 Å². The predicted octanol–water partition coefficient (Wildman–Crippen LogP) is 2.64. The maximum Gasteiger partial charge on any atom is 0.119 e.